The molecule has 0 radical (unpaired) electrons. The van der Waals surface area contributed by atoms with Gasteiger partial charge in [-0.25, -0.2) is 13.1 Å². The third-order valence-electron chi connectivity index (χ3n) is 3.22. The molecular weight excluding hydrogens is 340 g/mol. The number of halogens is 1. The van der Waals surface area contributed by atoms with E-state index in [0.29, 0.717) is 11.0 Å². The van der Waals surface area contributed by atoms with Crippen LogP contribution < -0.4 is 10.0 Å². The summed E-state index contributed by atoms with van der Waals surface area (Å²) >= 11 is 3.35. The first-order valence-corrected chi connectivity index (χ1v) is 9.04. The summed E-state index contributed by atoms with van der Waals surface area (Å²) in [7, 11) is -1.64. The molecule has 1 aromatic carbocycles. The highest BCUT2D eigenvalue weighted by Crippen LogP contribution is 2.24. The van der Waals surface area contributed by atoms with Gasteiger partial charge in [0.15, 0.2) is 0 Å². The summed E-state index contributed by atoms with van der Waals surface area (Å²) in [5, 5.41) is 3.04. The lowest BCUT2D eigenvalue weighted by Gasteiger charge is -2.21. The Labute approximate surface area is 130 Å². The Morgan fingerprint density at radius 2 is 1.95 bits per heavy atom. The van der Waals surface area contributed by atoms with Gasteiger partial charge in [0.25, 0.3) is 0 Å². The molecule has 1 aromatic rings. The van der Waals surface area contributed by atoms with Crippen molar-refractivity contribution in [2.75, 3.05) is 7.05 Å². The van der Waals surface area contributed by atoms with E-state index in [4.69, 9.17) is 0 Å². The van der Waals surface area contributed by atoms with Crippen molar-refractivity contribution in [3.05, 3.63) is 28.2 Å². The molecule has 1 unspecified atom stereocenters. The van der Waals surface area contributed by atoms with Crippen molar-refractivity contribution in [3.63, 3.8) is 0 Å². The van der Waals surface area contributed by atoms with Gasteiger partial charge < -0.3 is 5.32 Å². The number of sulfonamides is 1. The predicted molar refractivity (Wildman–Crippen MR) is 86.1 cm³/mol. The topological polar surface area (TPSA) is 58.2 Å². The van der Waals surface area contributed by atoms with Gasteiger partial charge in [-0.3, -0.25) is 0 Å². The Kier molecular flexibility index (Phi) is 6.64. The molecule has 0 aliphatic carbocycles. The molecule has 20 heavy (non-hydrogen) atoms. The largest absolute Gasteiger partial charge is 0.316 e. The smallest absolute Gasteiger partial charge is 0.241 e. The molecule has 2 N–H and O–H groups in total. The molecule has 114 valence electrons. The first-order chi connectivity index (χ1) is 9.31. The van der Waals surface area contributed by atoms with E-state index >= 15 is 0 Å². The third kappa shape index (κ3) is 4.55. The standard InChI is InChI=1S/C14H23BrN2O2S/c1-5-13(10(2)3)17-20(18,19)14-7-6-11(9-16-4)8-12(14)15/h6-8,10,13,16-17H,5,9H2,1-4H3. The molecule has 1 atom stereocenters. The molecule has 6 heteroatoms. The molecule has 4 nitrogen and oxygen atoms in total. The van der Waals surface area contributed by atoms with Gasteiger partial charge in [-0.1, -0.05) is 26.8 Å². The highest BCUT2D eigenvalue weighted by molar-refractivity contribution is 9.10. The molecule has 0 aromatic heterocycles. The molecule has 0 bridgehead atoms. The van der Waals surface area contributed by atoms with E-state index in [2.05, 4.69) is 26.0 Å². The van der Waals surface area contributed by atoms with Crippen molar-refractivity contribution >= 4 is 26.0 Å². The Morgan fingerprint density at radius 1 is 1.30 bits per heavy atom. The van der Waals surface area contributed by atoms with Crippen LogP contribution >= 0.6 is 15.9 Å². The quantitative estimate of drug-likeness (QED) is 0.783. The highest BCUT2D eigenvalue weighted by Gasteiger charge is 2.23. The van der Waals surface area contributed by atoms with E-state index in [1.54, 1.807) is 6.07 Å². The van der Waals surface area contributed by atoms with E-state index in [1.165, 1.54) is 0 Å². The number of hydrogen-bond donors (Lipinski definition) is 2. The molecule has 0 amide bonds. The molecule has 0 aliphatic rings. The minimum absolute atomic E-state index is 0.0520. The fourth-order valence-corrected chi connectivity index (χ4v) is 4.62. The van der Waals surface area contributed by atoms with Crippen molar-refractivity contribution in [2.24, 2.45) is 5.92 Å². The number of benzene rings is 1. The fourth-order valence-electron chi connectivity index (χ4n) is 2.03. The maximum absolute atomic E-state index is 12.4. The van der Waals surface area contributed by atoms with Crippen LogP contribution in [0.25, 0.3) is 0 Å². The zero-order chi connectivity index (χ0) is 15.3. The van der Waals surface area contributed by atoms with E-state index in [0.717, 1.165) is 12.0 Å². The van der Waals surface area contributed by atoms with Crippen LogP contribution in [-0.2, 0) is 16.6 Å². The molecule has 0 aliphatic heterocycles. The van der Waals surface area contributed by atoms with E-state index in [9.17, 15) is 8.42 Å². The molecule has 0 saturated heterocycles. The summed E-state index contributed by atoms with van der Waals surface area (Å²) in [5.41, 5.74) is 1.04. The average Bonchev–Trinajstić information content (AvgIpc) is 2.35. The van der Waals surface area contributed by atoms with Gasteiger partial charge in [-0.05, 0) is 53.0 Å². The van der Waals surface area contributed by atoms with E-state index in [1.807, 2.05) is 40.0 Å². The Morgan fingerprint density at radius 3 is 2.40 bits per heavy atom. The summed E-state index contributed by atoms with van der Waals surface area (Å²) < 4.78 is 28.2. The molecule has 1 rings (SSSR count). The second kappa shape index (κ2) is 7.54. The minimum atomic E-state index is -3.50. The van der Waals surface area contributed by atoms with Crippen LogP contribution in [0, 0.1) is 5.92 Å². The lowest BCUT2D eigenvalue weighted by molar-refractivity contribution is 0.437. The maximum Gasteiger partial charge on any atom is 0.241 e. The van der Waals surface area contributed by atoms with Crippen molar-refractivity contribution < 1.29 is 8.42 Å². The first kappa shape index (κ1) is 17.6. The SMILES string of the molecule is CCC(NS(=O)(=O)c1ccc(CNC)cc1Br)C(C)C. The van der Waals surface area contributed by atoms with Gasteiger partial charge >= 0.3 is 0 Å². The minimum Gasteiger partial charge on any atom is -0.316 e. The summed E-state index contributed by atoms with van der Waals surface area (Å²) in [6, 6.07) is 5.25. The van der Waals surface area contributed by atoms with Gasteiger partial charge in [-0.2, -0.15) is 0 Å². The van der Waals surface area contributed by atoms with Crippen LogP contribution in [0.4, 0.5) is 0 Å². The van der Waals surface area contributed by atoms with Gasteiger partial charge in [0.1, 0.15) is 0 Å². The van der Waals surface area contributed by atoms with Crippen molar-refractivity contribution in [3.8, 4) is 0 Å². The van der Waals surface area contributed by atoms with Gasteiger partial charge in [0, 0.05) is 17.1 Å². The van der Waals surface area contributed by atoms with Crippen LogP contribution in [-0.4, -0.2) is 21.5 Å². The molecule has 0 heterocycles. The van der Waals surface area contributed by atoms with E-state index < -0.39 is 10.0 Å². The van der Waals surface area contributed by atoms with Crippen molar-refractivity contribution in [2.45, 2.75) is 44.7 Å². The predicted octanol–water partition coefficient (Wildman–Crippen LogP) is 2.88. The number of hydrogen-bond acceptors (Lipinski definition) is 3. The van der Waals surface area contributed by atoms with Gasteiger partial charge in [0.05, 0.1) is 4.90 Å². The molecular formula is C14H23BrN2O2S. The van der Waals surface area contributed by atoms with Crippen LogP contribution in [0.15, 0.2) is 27.6 Å². The normalized spacial score (nSPS) is 13.7. The fraction of sp³-hybridized carbons (Fsp3) is 0.571. The van der Waals surface area contributed by atoms with Crippen LogP contribution in [0.1, 0.15) is 32.8 Å². The maximum atomic E-state index is 12.4. The van der Waals surface area contributed by atoms with Gasteiger partial charge in [0.2, 0.25) is 10.0 Å². The zero-order valence-electron chi connectivity index (χ0n) is 12.4. The molecule has 0 spiro atoms. The average molecular weight is 363 g/mol. The highest BCUT2D eigenvalue weighted by atomic mass is 79.9. The number of rotatable bonds is 7. The summed E-state index contributed by atoms with van der Waals surface area (Å²) in [5.74, 6) is 0.261. The van der Waals surface area contributed by atoms with Crippen molar-refractivity contribution in [1.29, 1.82) is 0 Å². The Hall–Kier alpha value is -0.430. The second-order valence-corrected chi connectivity index (χ2v) is 7.71. The lowest BCUT2D eigenvalue weighted by Crippen LogP contribution is -2.38. The monoisotopic (exact) mass is 362 g/mol. The third-order valence-corrected chi connectivity index (χ3v) is 5.68. The van der Waals surface area contributed by atoms with E-state index in [-0.39, 0.29) is 16.9 Å². The summed E-state index contributed by atoms with van der Waals surface area (Å²) in [6.45, 7) is 6.72. The molecule has 0 saturated carbocycles. The van der Waals surface area contributed by atoms with Crippen molar-refractivity contribution in [1.82, 2.24) is 10.0 Å². The van der Waals surface area contributed by atoms with Crippen LogP contribution in [0.3, 0.4) is 0 Å². The van der Waals surface area contributed by atoms with Crippen LogP contribution in [0.2, 0.25) is 0 Å². The van der Waals surface area contributed by atoms with Gasteiger partial charge in [-0.15, -0.1) is 0 Å². The Bertz CT molecular complexity index is 544. The first-order valence-electron chi connectivity index (χ1n) is 6.77. The number of nitrogens with one attached hydrogen (secondary N) is 2. The summed E-state index contributed by atoms with van der Waals surface area (Å²) in [6.07, 6.45) is 0.770. The molecule has 0 fully saturated rings. The second-order valence-electron chi connectivity index (χ2n) is 5.18. The Balaban J connectivity index is 3.03. The lowest BCUT2D eigenvalue weighted by atomic mass is 10.0. The summed E-state index contributed by atoms with van der Waals surface area (Å²) in [4.78, 5) is 0.288. The van der Waals surface area contributed by atoms with Crippen LogP contribution in [0.5, 0.6) is 0 Å². The zero-order valence-corrected chi connectivity index (χ0v) is 14.8.